The zero-order chi connectivity index (χ0) is 14.9. The quantitative estimate of drug-likeness (QED) is 0.729. The molecule has 0 spiro atoms. The number of hydrogen-bond acceptors (Lipinski definition) is 2. The van der Waals surface area contributed by atoms with Gasteiger partial charge in [-0.2, -0.15) is 0 Å². The third kappa shape index (κ3) is 3.35. The first-order chi connectivity index (χ1) is 9.36. The molecule has 1 aromatic rings. The second-order valence-corrected chi connectivity index (χ2v) is 6.97. The molecule has 2 nitrogen and oxygen atoms in total. The van der Waals surface area contributed by atoms with Crippen molar-refractivity contribution in [3.63, 3.8) is 0 Å². The van der Waals surface area contributed by atoms with Crippen LogP contribution >= 0.6 is 0 Å². The third-order valence-corrected chi connectivity index (χ3v) is 4.28. The SMILES string of the molecule is CCC1OC1CC(C)c1ccc(OC)c(C(C)(C)C)c1. The molecule has 0 N–H and O–H groups in total. The van der Waals surface area contributed by atoms with Crippen molar-refractivity contribution in [2.75, 3.05) is 7.11 Å². The van der Waals surface area contributed by atoms with E-state index in [-0.39, 0.29) is 5.41 Å². The Labute approximate surface area is 123 Å². The first-order valence-corrected chi connectivity index (χ1v) is 7.70. The Balaban J connectivity index is 2.16. The van der Waals surface area contributed by atoms with Crippen molar-refractivity contribution >= 4 is 0 Å². The number of epoxide rings is 1. The van der Waals surface area contributed by atoms with Gasteiger partial charge in [0.1, 0.15) is 5.75 Å². The lowest BCUT2D eigenvalue weighted by Gasteiger charge is -2.24. The molecule has 1 aliphatic rings. The minimum atomic E-state index is 0.100. The van der Waals surface area contributed by atoms with E-state index in [0.29, 0.717) is 18.1 Å². The molecule has 0 bridgehead atoms. The molecule has 1 aliphatic heterocycles. The van der Waals surface area contributed by atoms with Crippen LogP contribution in [0.1, 0.15) is 64.5 Å². The Morgan fingerprint density at radius 1 is 1.25 bits per heavy atom. The molecule has 3 atom stereocenters. The second kappa shape index (κ2) is 5.77. The van der Waals surface area contributed by atoms with Crippen LogP contribution in [0, 0.1) is 0 Å². The van der Waals surface area contributed by atoms with E-state index < -0.39 is 0 Å². The number of rotatable bonds is 5. The molecule has 0 saturated carbocycles. The van der Waals surface area contributed by atoms with Gasteiger partial charge in [0.15, 0.2) is 0 Å². The van der Waals surface area contributed by atoms with E-state index >= 15 is 0 Å². The van der Waals surface area contributed by atoms with Crippen molar-refractivity contribution in [3.8, 4) is 5.75 Å². The van der Waals surface area contributed by atoms with Crippen molar-refractivity contribution in [3.05, 3.63) is 29.3 Å². The maximum absolute atomic E-state index is 5.68. The number of methoxy groups -OCH3 is 1. The van der Waals surface area contributed by atoms with Gasteiger partial charge in [0.2, 0.25) is 0 Å². The summed E-state index contributed by atoms with van der Waals surface area (Å²) in [7, 11) is 1.75. The largest absolute Gasteiger partial charge is 0.496 e. The summed E-state index contributed by atoms with van der Waals surface area (Å²) in [6, 6.07) is 6.62. The fourth-order valence-corrected chi connectivity index (χ4v) is 2.85. The summed E-state index contributed by atoms with van der Waals surface area (Å²) in [4.78, 5) is 0. The van der Waals surface area contributed by atoms with Crippen LogP contribution in [0.15, 0.2) is 18.2 Å². The molecule has 0 amide bonds. The highest BCUT2D eigenvalue weighted by Crippen LogP contribution is 2.37. The van der Waals surface area contributed by atoms with Crippen LogP contribution in [0.25, 0.3) is 0 Å². The molecule has 0 radical (unpaired) electrons. The maximum atomic E-state index is 5.68. The highest BCUT2D eigenvalue weighted by molar-refractivity contribution is 5.42. The molecule has 0 aromatic heterocycles. The zero-order valence-electron chi connectivity index (χ0n) is 13.7. The van der Waals surface area contributed by atoms with Gasteiger partial charge in [0, 0.05) is 0 Å². The molecule has 2 heteroatoms. The third-order valence-electron chi connectivity index (χ3n) is 4.28. The van der Waals surface area contributed by atoms with Crippen LogP contribution in [0.2, 0.25) is 0 Å². The van der Waals surface area contributed by atoms with E-state index in [1.165, 1.54) is 11.1 Å². The van der Waals surface area contributed by atoms with E-state index in [9.17, 15) is 0 Å². The molecular weight excluding hydrogens is 248 g/mol. The summed E-state index contributed by atoms with van der Waals surface area (Å²) in [6.07, 6.45) is 3.22. The van der Waals surface area contributed by atoms with Crippen LogP contribution in [-0.2, 0) is 10.2 Å². The first-order valence-electron chi connectivity index (χ1n) is 7.70. The smallest absolute Gasteiger partial charge is 0.122 e. The van der Waals surface area contributed by atoms with Crippen molar-refractivity contribution in [1.82, 2.24) is 0 Å². The molecule has 2 rings (SSSR count). The zero-order valence-corrected chi connectivity index (χ0v) is 13.7. The average molecular weight is 276 g/mol. The molecule has 112 valence electrons. The Morgan fingerprint density at radius 3 is 2.45 bits per heavy atom. The number of ether oxygens (including phenoxy) is 2. The predicted octanol–water partition coefficient (Wildman–Crippen LogP) is 4.66. The summed E-state index contributed by atoms with van der Waals surface area (Å²) in [5, 5.41) is 0. The van der Waals surface area contributed by atoms with Gasteiger partial charge in [-0.15, -0.1) is 0 Å². The number of benzene rings is 1. The van der Waals surface area contributed by atoms with Crippen molar-refractivity contribution in [2.24, 2.45) is 0 Å². The summed E-state index contributed by atoms with van der Waals surface area (Å²) in [5.41, 5.74) is 2.78. The van der Waals surface area contributed by atoms with Gasteiger partial charge in [-0.25, -0.2) is 0 Å². The van der Waals surface area contributed by atoms with Crippen LogP contribution in [-0.4, -0.2) is 19.3 Å². The van der Waals surface area contributed by atoms with Crippen LogP contribution in [0.5, 0.6) is 5.75 Å². The Morgan fingerprint density at radius 2 is 1.95 bits per heavy atom. The van der Waals surface area contributed by atoms with E-state index in [0.717, 1.165) is 18.6 Å². The molecular formula is C18H28O2. The van der Waals surface area contributed by atoms with Gasteiger partial charge < -0.3 is 9.47 Å². The minimum Gasteiger partial charge on any atom is -0.496 e. The lowest BCUT2D eigenvalue weighted by molar-refractivity contribution is 0.352. The van der Waals surface area contributed by atoms with Gasteiger partial charge in [-0.05, 0) is 41.4 Å². The van der Waals surface area contributed by atoms with Gasteiger partial charge >= 0.3 is 0 Å². The Bertz CT molecular complexity index is 459. The Hall–Kier alpha value is -1.02. The lowest BCUT2D eigenvalue weighted by atomic mass is 9.83. The van der Waals surface area contributed by atoms with Crippen LogP contribution in [0.4, 0.5) is 0 Å². The summed E-state index contributed by atoms with van der Waals surface area (Å²) >= 11 is 0. The topological polar surface area (TPSA) is 21.8 Å². The molecule has 20 heavy (non-hydrogen) atoms. The second-order valence-electron chi connectivity index (χ2n) is 6.97. The van der Waals surface area contributed by atoms with Gasteiger partial charge in [-0.3, -0.25) is 0 Å². The monoisotopic (exact) mass is 276 g/mol. The van der Waals surface area contributed by atoms with Crippen molar-refractivity contribution < 1.29 is 9.47 Å². The lowest BCUT2D eigenvalue weighted by Crippen LogP contribution is -2.14. The van der Waals surface area contributed by atoms with Gasteiger partial charge in [0.05, 0.1) is 19.3 Å². The molecule has 1 fully saturated rings. The summed E-state index contributed by atoms with van der Waals surface area (Å²) in [6.45, 7) is 11.2. The van der Waals surface area contributed by atoms with Crippen molar-refractivity contribution in [1.29, 1.82) is 0 Å². The standard InChI is InChI=1S/C18H28O2/c1-7-15-17(20-15)10-12(2)13-8-9-16(19-6)14(11-13)18(3,4)5/h8-9,11-12,15,17H,7,10H2,1-6H3. The highest BCUT2D eigenvalue weighted by atomic mass is 16.6. The normalized spacial score (nSPS) is 23.5. The summed E-state index contributed by atoms with van der Waals surface area (Å²) < 4.78 is 11.2. The molecule has 1 heterocycles. The number of hydrogen-bond donors (Lipinski definition) is 0. The summed E-state index contributed by atoms with van der Waals surface area (Å²) in [5.74, 6) is 1.52. The maximum Gasteiger partial charge on any atom is 0.122 e. The van der Waals surface area contributed by atoms with Crippen LogP contribution in [0.3, 0.4) is 0 Å². The molecule has 1 saturated heterocycles. The minimum absolute atomic E-state index is 0.100. The van der Waals surface area contributed by atoms with Crippen LogP contribution < -0.4 is 4.74 Å². The molecule has 1 aromatic carbocycles. The average Bonchev–Trinajstić information content (AvgIpc) is 3.15. The first kappa shape index (κ1) is 15.4. The van der Waals surface area contributed by atoms with E-state index in [1.54, 1.807) is 7.11 Å². The van der Waals surface area contributed by atoms with E-state index in [2.05, 4.69) is 52.8 Å². The highest BCUT2D eigenvalue weighted by Gasteiger charge is 2.37. The van der Waals surface area contributed by atoms with E-state index in [4.69, 9.17) is 9.47 Å². The Kier molecular flexibility index (Phi) is 4.43. The predicted molar refractivity (Wildman–Crippen MR) is 83.7 cm³/mol. The van der Waals surface area contributed by atoms with Crippen molar-refractivity contribution in [2.45, 2.75) is 71.0 Å². The molecule has 0 aliphatic carbocycles. The fraction of sp³-hybridized carbons (Fsp3) is 0.667. The fourth-order valence-electron chi connectivity index (χ4n) is 2.85. The van der Waals surface area contributed by atoms with E-state index in [1.807, 2.05) is 0 Å². The molecule has 3 unspecified atom stereocenters. The van der Waals surface area contributed by atoms with Gasteiger partial charge in [-0.1, -0.05) is 46.8 Å². The van der Waals surface area contributed by atoms with Gasteiger partial charge in [0.25, 0.3) is 0 Å².